The molecular formula is C19H21N5O2S. The van der Waals surface area contributed by atoms with Crippen molar-refractivity contribution in [2.75, 3.05) is 20.2 Å². The lowest BCUT2D eigenvalue weighted by molar-refractivity contribution is 0.201. The zero-order valence-corrected chi connectivity index (χ0v) is 15.9. The molecule has 3 aromatic heterocycles. The topological polar surface area (TPSA) is 84.0 Å². The maximum Gasteiger partial charge on any atom is 0.316 e. The van der Waals surface area contributed by atoms with E-state index in [0.29, 0.717) is 6.01 Å². The third-order valence-electron chi connectivity index (χ3n) is 4.82. The summed E-state index contributed by atoms with van der Waals surface area (Å²) in [6.07, 6.45) is 5.54. The van der Waals surface area contributed by atoms with Crippen molar-refractivity contribution in [1.82, 2.24) is 24.8 Å². The average molecular weight is 383 g/mol. The zero-order valence-electron chi connectivity index (χ0n) is 15.1. The van der Waals surface area contributed by atoms with Gasteiger partial charge in [-0.05, 0) is 37.4 Å². The van der Waals surface area contributed by atoms with Gasteiger partial charge in [0.1, 0.15) is 5.82 Å². The van der Waals surface area contributed by atoms with E-state index in [2.05, 4.69) is 19.9 Å². The average Bonchev–Trinajstić information content (AvgIpc) is 3.24. The first-order chi connectivity index (χ1) is 13.2. The predicted molar refractivity (Wildman–Crippen MR) is 104 cm³/mol. The summed E-state index contributed by atoms with van der Waals surface area (Å²) < 4.78 is 5.00. The van der Waals surface area contributed by atoms with E-state index < -0.39 is 0 Å². The Hall–Kier alpha value is -2.58. The third kappa shape index (κ3) is 4.23. The summed E-state index contributed by atoms with van der Waals surface area (Å²) in [6.45, 7) is 2.71. The predicted octanol–water partition coefficient (Wildman–Crippen LogP) is 2.68. The molecule has 0 radical (unpaired) electrons. The molecule has 1 aliphatic rings. The summed E-state index contributed by atoms with van der Waals surface area (Å²) in [5.74, 6) is 1.08. The summed E-state index contributed by atoms with van der Waals surface area (Å²) in [7, 11) is 1.56. The number of nitrogens with one attached hydrogen (secondary N) is 1. The fraction of sp³-hybridized carbons (Fsp3) is 0.368. The molecular weight excluding hydrogens is 362 g/mol. The number of piperidine rings is 1. The highest BCUT2D eigenvalue weighted by molar-refractivity contribution is 7.08. The Labute approximate surface area is 161 Å². The summed E-state index contributed by atoms with van der Waals surface area (Å²) in [4.78, 5) is 30.4. The van der Waals surface area contributed by atoms with Gasteiger partial charge in [0.15, 0.2) is 0 Å². The number of H-pyrrole nitrogens is 1. The highest BCUT2D eigenvalue weighted by Gasteiger charge is 2.23. The van der Waals surface area contributed by atoms with Crippen LogP contribution in [0.4, 0.5) is 0 Å². The number of ether oxygens (including phenoxy) is 1. The zero-order chi connectivity index (χ0) is 18.6. The molecule has 4 rings (SSSR count). The lowest BCUT2D eigenvalue weighted by Crippen LogP contribution is -2.33. The molecule has 1 fully saturated rings. The quantitative estimate of drug-likeness (QED) is 0.729. The number of thiophene rings is 1. The van der Waals surface area contributed by atoms with Gasteiger partial charge in [0.2, 0.25) is 0 Å². The van der Waals surface area contributed by atoms with Crippen molar-refractivity contribution in [2.24, 2.45) is 0 Å². The van der Waals surface area contributed by atoms with Crippen LogP contribution in [-0.4, -0.2) is 45.0 Å². The summed E-state index contributed by atoms with van der Waals surface area (Å²) >= 11 is 1.61. The Morgan fingerprint density at radius 1 is 1.30 bits per heavy atom. The molecule has 1 N–H and O–H groups in total. The van der Waals surface area contributed by atoms with Gasteiger partial charge in [-0.3, -0.25) is 9.69 Å². The first kappa shape index (κ1) is 17.8. The van der Waals surface area contributed by atoms with E-state index in [0.717, 1.165) is 55.1 Å². The molecule has 27 heavy (non-hydrogen) atoms. The molecule has 1 saturated heterocycles. The van der Waals surface area contributed by atoms with E-state index in [1.54, 1.807) is 36.9 Å². The molecule has 0 unspecified atom stereocenters. The largest absolute Gasteiger partial charge is 0.467 e. The van der Waals surface area contributed by atoms with Gasteiger partial charge in [-0.15, -0.1) is 0 Å². The molecule has 0 atom stereocenters. The van der Waals surface area contributed by atoms with Gasteiger partial charge in [0.25, 0.3) is 5.56 Å². The molecule has 3 aromatic rings. The Morgan fingerprint density at radius 3 is 2.74 bits per heavy atom. The number of hydrogen-bond donors (Lipinski definition) is 1. The van der Waals surface area contributed by atoms with Crippen LogP contribution < -0.4 is 10.3 Å². The lowest BCUT2D eigenvalue weighted by Gasteiger charge is -2.31. The molecule has 1 aliphatic heterocycles. The van der Waals surface area contributed by atoms with Gasteiger partial charge in [0.05, 0.1) is 12.8 Å². The van der Waals surface area contributed by atoms with Crippen LogP contribution in [0, 0.1) is 0 Å². The Balaban J connectivity index is 1.41. The minimum absolute atomic E-state index is 0.0842. The van der Waals surface area contributed by atoms with Crippen LogP contribution in [0.1, 0.15) is 30.1 Å². The van der Waals surface area contributed by atoms with Crippen molar-refractivity contribution in [3.8, 4) is 17.3 Å². The second kappa shape index (κ2) is 7.98. The van der Waals surface area contributed by atoms with Gasteiger partial charge in [-0.1, -0.05) is 0 Å². The van der Waals surface area contributed by atoms with E-state index in [-0.39, 0.29) is 11.5 Å². The third-order valence-corrected chi connectivity index (χ3v) is 5.50. The second-order valence-electron chi connectivity index (χ2n) is 6.66. The molecule has 0 aliphatic carbocycles. The maximum absolute atomic E-state index is 12.1. The minimum Gasteiger partial charge on any atom is -0.467 e. The molecule has 0 amide bonds. The Kier molecular flexibility index (Phi) is 5.26. The maximum atomic E-state index is 12.1. The summed E-state index contributed by atoms with van der Waals surface area (Å²) in [5, 5.41) is 4.02. The monoisotopic (exact) mass is 383 g/mol. The van der Waals surface area contributed by atoms with Crippen molar-refractivity contribution in [2.45, 2.75) is 25.3 Å². The molecule has 8 heteroatoms. The van der Waals surface area contributed by atoms with Gasteiger partial charge < -0.3 is 9.72 Å². The number of hydrogen-bond acceptors (Lipinski definition) is 7. The van der Waals surface area contributed by atoms with Crippen LogP contribution in [0.5, 0.6) is 6.01 Å². The molecule has 4 heterocycles. The minimum atomic E-state index is -0.0842. The Bertz CT molecular complexity index is 931. The van der Waals surface area contributed by atoms with Crippen molar-refractivity contribution >= 4 is 11.3 Å². The van der Waals surface area contributed by atoms with Crippen LogP contribution in [0.3, 0.4) is 0 Å². The number of likely N-dealkylation sites (tertiary alicyclic amines) is 1. The number of aromatic nitrogens is 4. The van der Waals surface area contributed by atoms with Gasteiger partial charge in [0, 0.05) is 47.4 Å². The van der Waals surface area contributed by atoms with Crippen molar-refractivity contribution < 1.29 is 4.74 Å². The second-order valence-corrected chi connectivity index (χ2v) is 7.44. The van der Waals surface area contributed by atoms with E-state index in [9.17, 15) is 4.79 Å². The van der Waals surface area contributed by atoms with Crippen LogP contribution in [0.15, 0.2) is 40.1 Å². The van der Waals surface area contributed by atoms with E-state index in [1.807, 2.05) is 16.8 Å². The van der Waals surface area contributed by atoms with Crippen molar-refractivity contribution in [3.05, 3.63) is 57.0 Å². The standard InChI is InChI=1S/C19H21N5O2S/c1-26-19-20-9-13(10-21-19)11-24-5-2-14(3-6-24)18-22-16(8-17(25)23-18)15-4-7-27-12-15/h4,7-10,12,14H,2-3,5-6,11H2,1H3,(H,22,23,25). The van der Waals surface area contributed by atoms with Gasteiger partial charge in [-0.25, -0.2) is 15.0 Å². The highest BCUT2D eigenvalue weighted by atomic mass is 32.1. The van der Waals surface area contributed by atoms with Crippen LogP contribution >= 0.6 is 11.3 Å². The first-order valence-corrected chi connectivity index (χ1v) is 9.86. The van der Waals surface area contributed by atoms with Crippen LogP contribution in [-0.2, 0) is 6.54 Å². The highest BCUT2D eigenvalue weighted by Crippen LogP contribution is 2.27. The molecule has 0 aromatic carbocycles. The normalized spacial score (nSPS) is 15.7. The fourth-order valence-corrected chi connectivity index (χ4v) is 4.03. The molecule has 7 nitrogen and oxygen atoms in total. The molecule has 0 bridgehead atoms. The molecule has 0 saturated carbocycles. The van der Waals surface area contributed by atoms with E-state index >= 15 is 0 Å². The number of aromatic amines is 1. The SMILES string of the molecule is COc1ncc(CN2CCC(c3nc(-c4ccsc4)cc(=O)[nH]3)CC2)cn1. The summed E-state index contributed by atoms with van der Waals surface area (Å²) in [6, 6.07) is 3.96. The van der Waals surface area contributed by atoms with Crippen LogP contribution in [0.25, 0.3) is 11.3 Å². The van der Waals surface area contributed by atoms with Crippen molar-refractivity contribution in [3.63, 3.8) is 0 Å². The summed E-state index contributed by atoms with van der Waals surface area (Å²) in [5.41, 5.74) is 2.75. The molecule has 140 valence electrons. The smallest absolute Gasteiger partial charge is 0.316 e. The number of methoxy groups -OCH3 is 1. The van der Waals surface area contributed by atoms with Gasteiger partial charge in [-0.2, -0.15) is 11.3 Å². The van der Waals surface area contributed by atoms with E-state index in [1.165, 1.54) is 0 Å². The number of nitrogens with zero attached hydrogens (tertiary/aromatic N) is 4. The molecule has 0 spiro atoms. The van der Waals surface area contributed by atoms with Crippen LogP contribution in [0.2, 0.25) is 0 Å². The lowest BCUT2D eigenvalue weighted by atomic mass is 9.95. The van der Waals surface area contributed by atoms with Crippen molar-refractivity contribution in [1.29, 1.82) is 0 Å². The Morgan fingerprint density at radius 2 is 2.07 bits per heavy atom. The van der Waals surface area contributed by atoms with E-state index in [4.69, 9.17) is 9.72 Å². The fourth-order valence-electron chi connectivity index (χ4n) is 3.38. The van der Waals surface area contributed by atoms with Gasteiger partial charge >= 0.3 is 6.01 Å². The number of rotatable bonds is 5. The first-order valence-electron chi connectivity index (χ1n) is 8.92.